The normalized spacial score (nSPS) is 13.4. The molecule has 0 unspecified atom stereocenters. The molecule has 3 heterocycles. The minimum absolute atomic E-state index is 0.00424. The van der Waals surface area contributed by atoms with E-state index < -0.39 is 0 Å². The van der Waals surface area contributed by atoms with Gasteiger partial charge in [-0.05, 0) is 48.9 Å². The Kier molecular flexibility index (Phi) is 5.89. The van der Waals surface area contributed by atoms with E-state index in [9.17, 15) is 14.4 Å². The summed E-state index contributed by atoms with van der Waals surface area (Å²) >= 11 is 0. The van der Waals surface area contributed by atoms with Gasteiger partial charge in [-0.2, -0.15) is 0 Å². The molecule has 4 aromatic rings. The molecule has 4 amide bonds. The van der Waals surface area contributed by atoms with Gasteiger partial charge in [0.15, 0.2) is 5.69 Å². The van der Waals surface area contributed by atoms with Crippen molar-refractivity contribution >= 4 is 34.7 Å². The van der Waals surface area contributed by atoms with Gasteiger partial charge in [0, 0.05) is 62.1 Å². The van der Waals surface area contributed by atoms with Gasteiger partial charge < -0.3 is 19.9 Å². The molecule has 1 fully saturated rings. The minimum atomic E-state index is -0.366. The summed E-state index contributed by atoms with van der Waals surface area (Å²) in [4.78, 5) is 45.4. The molecule has 9 heteroatoms. The first-order valence-electron chi connectivity index (χ1n) is 11.6. The lowest BCUT2D eigenvalue weighted by Crippen LogP contribution is -2.29. The lowest BCUT2D eigenvalue weighted by molar-refractivity contribution is 0.0961. The molecule has 182 valence electrons. The fourth-order valence-electron chi connectivity index (χ4n) is 4.36. The Morgan fingerprint density at radius 2 is 1.72 bits per heavy atom. The molecule has 0 spiro atoms. The van der Waals surface area contributed by atoms with Gasteiger partial charge in [0.2, 0.25) is 0 Å². The highest BCUT2D eigenvalue weighted by atomic mass is 16.2. The van der Waals surface area contributed by atoms with Crippen LogP contribution in [0.4, 0.5) is 16.2 Å². The summed E-state index contributed by atoms with van der Waals surface area (Å²) in [6, 6.07) is 16.5. The highest BCUT2D eigenvalue weighted by molar-refractivity contribution is 6.08. The van der Waals surface area contributed by atoms with Crippen LogP contribution in [0.1, 0.15) is 26.5 Å². The number of nitrogens with one attached hydrogen (secondary N) is 2. The minimum Gasteiger partial charge on any atom is -0.355 e. The van der Waals surface area contributed by atoms with E-state index in [1.807, 2.05) is 54.0 Å². The van der Waals surface area contributed by atoms with Crippen LogP contribution in [0.3, 0.4) is 0 Å². The number of amides is 4. The number of fused-ring (bicyclic) bond motifs is 1. The second kappa shape index (κ2) is 9.18. The number of aromatic nitrogens is 2. The molecule has 5 rings (SSSR count). The summed E-state index contributed by atoms with van der Waals surface area (Å²) in [5.74, 6) is -0.597. The second-order valence-electron chi connectivity index (χ2n) is 8.77. The summed E-state index contributed by atoms with van der Waals surface area (Å²) in [7, 11) is 3.36. The van der Waals surface area contributed by atoms with E-state index in [1.165, 1.54) is 0 Å². The average Bonchev–Trinajstić information content (AvgIpc) is 3.46. The van der Waals surface area contributed by atoms with Gasteiger partial charge >= 0.3 is 6.03 Å². The molecule has 9 nitrogen and oxygen atoms in total. The number of hydrogen-bond donors (Lipinski definition) is 2. The van der Waals surface area contributed by atoms with Crippen molar-refractivity contribution in [1.82, 2.24) is 19.6 Å². The summed E-state index contributed by atoms with van der Waals surface area (Å²) < 4.78 is 1.89. The third-order valence-electron chi connectivity index (χ3n) is 6.26. The number of anilines is 2. The number of likely N-dealkylation sites (N-methyl/N-ethyl adjacent to an activating group) is 1. The monoisotopic (exact) mass is 482 g/mol. The first-order valence-corrected chi connectivity index (χ1v) is 11.6. The van der Waals surface area contributed by atoms with Crippen molar-refractivity contribution in [2.24, 2.45) is 0 Å². The molecule has 1 aliphatic heterocycles. The van der Waals surface area contributed by atoms with E-state index in [1.54, 1.807) is 48.2 Å². The fraction of sp³-hybridized carbons (Fsp3) is 0.185. The van der Waals surface area contributed by atoms with Gasteiger partial charge in [-0.1, -0.05) is 18.2 Å². The van der Waals surface area contributed by atoms with Crippen molar-refractivity contribution in [3.05, 3.63) is 83.9 Å². The van der Waals surface area contributed by atoms with Gasteiger partial charge in [0.25, 0.3) is 11.8 Å². The van der Waals surface area contributed by atoms with Crippen LogP contribution in [-0.2, 0) is 0 Å². The summed E-state index contributed by atoms with van der Waals surface area (Å²) in [6.45, 7) is 3.21. The maximum Gasteiger partial charge on any atom is 0.324 e. The fourth-order valence-corrected chi connectivity index (χ4v) is 4.36. The van der Waals surface area contributed by atoms with Crippen molar-refractivity contribution in [2.75, 3.05) is 37.4 Å². The molecule has 2 N–H and O–H groups in total. The molecular formula is C27H26N6O3. The van der Waals surface area contributed by atoms with Crippen LogP contribution >= 0.6 is 0 Å². The van der Waals surface area contributed by atoms with Gasteiger partial charge in [-0.15, -0.1) is 0 Å². The SMILES string of the molecule is CNC(=O)c1cccc(NC(=O)c2nc(C)cn3cc(-c4ccc(N5CCN(C)C5=O)cc4)cc23)c1. The highest BCUT2D eigenvalue weighted by Gasteiger charge is 2.26. The lowest BCUT2D eigenvalue weighted by Gasteiger charge is -2.16. The zero-order chi connectivity index (χ0) is 25.4. The molecular weight excluding hydrogens is 456 g/mol. The van der Waals surface area contributed by atoms with E-state index in [-0.39, 0.29) is 23.5 Å². The molecule has 2 aromatic heterocycles. The van der Waals surface area contributed by atoms with Crippen LogP contribution in [-0.4, -0.2) is 59.3 Å². The van der Waals surface area contributed by atoms with E-state index in [4.69, 9.17) is 0 Å². The number of carbonyl (C=O) groups is 3. The Balaban J connectivity index is 1.43. The van der Waals surface area contributed by atoms with E-state index >= 15 is 0 Å². The molecule has 0 radical (unpaired) electrons. The first-order chi connectivity index (χ1) is 17.3. The predicted octanol–water partition coefficient (Wildman–Crippen LogP) is 3.79. The van der Waals surface area contributed by atoms with Crippen LogP contribution in [0.25, 0.3) is 16.6 Å². The number of urea groups is 1. The largest absolute Gasteiger partial charge is 0.355 e. The number of rotatable bonds is 5. The third kappa shape index (κ3) is 4.26. The first kappa shape index (κ1) is 23.1. The molecule has 0 bridgehead atoms. The third-order valence-corrected chi connectivity index (χ3v) is 6.26. The Morgan fingerprint density at radius 1 is 0.944 bits per heavy atom. The summed E-state index contributed by atoms with van der Waals surface area (Å²) in [6.07, 6.45) is 3.83. The van der Waals surface area contributed by atoms with E-state index in [0.717, 1.165) is 16.8 Å². The van der Waals surface area contributed by atoms with Gasteiger partial charge in [-0.25, -0.2) is 9.78 Å². The van der Waals surface area contributed by atoms with Crippen LogP contribution in [0.2, 0.25) is 0 Å². The van der Waals surface area contributed by atoms with E-state index in [0.29, 0.717) is 35.6 Å². The molecule has 0 saturated carbocycles. The Hall–Kier alpha value is -4.66. The highest BCUT2D eigenvalue weighted by Crippen LogP contribution is 2.28. The van der Waals surface area contributed by atoms with Crippen LogP contribution in [0.5, 0.6) is 0 Å². The Labute approximate surface area is 208 Å². The number of benzene rings is 2. The molecule has 36 heavy (non-hydrogen) atoms. The Morgan fingerprint density at radius 3 is 2.42 bits per heavy atom. The zero-order valence-electron chi connectivity index (χ0n) is 20.3. The summed E-state index contributed by atoms with van der Waals surface area (Å²) in [5, 5.41) is 5.43. The maximum absolute atomic E-state index is 13.2. The molecule has 1 aliphatic rings. The quantitative estimate of drug-likeness (QED) is 0.452. The average molecular weight is 483 g/mol. The van der Waals surface area contributed by atoms with Crippen molar-refractivity contribution in [3.63, 3.8) is 0 Å². The van der Waals surface area contributed by atoms with Crippen molar-refractivity contribution in [3.8, 4) is 11.1 Å². The maximum atomic E-state index is 13.2. The lowest BCUT2D eigenvalue weighted by atomic mass is 10.1. The number of nitrogens with zero attached hydrogens (tertiary/aromatic N) is 4. The zero-order valence-corrected chi connectivity index (χ0v) is 20.3. The smallest absolute Gasteiger partial charge is 0.324 e. The molecule has 0 aliphatic carbocycles. The summed E-state index contributed by atoms with van der Waals surface area (Å²) in [5.41, 5.74) is 5.35. The van der Waals surface area contributed by atoms with Gasteiger partial charge in [0.05, 0.1) is 11.2 Å². The van der Waals surface area contributed by atoms with Crippen molar-refractivity contribution in [2.45, 2.75) is 6.92 Å². The van der Waals surface area contributed by atoms with Crippen molar-refractivity contribution < 1.29 is 14.4 Å². The predicted molar refractivity (Wildman–Crippen MR) is 139 cm³/mol. The number of aryl methyl sites for hydroxylation is 1. The standard InChI is InChI=1S/C27H26N6O3/c1-17-15-32-16-20(18-7-9-22(10-8-18)33-12-11-31(3)27(33)36)14-23(32)24(29-17)26(35)30-21-6-4-5-19(13-21)25(34)28-2/h4-10,13-16H,11-12H2,1-3H3,(H,28,34)(H,30,35). The molecule has 2 aromatic carbocycles. The Bertz CT molecular complexity index is 1490. The van der Waals surface area contributed by atoms with Gasteiger partial charge in [0.1, 0.15) is 0 Å². The van der Waals surface area contributed by atoms with Gasteiger partial charge in [-0.3, -0.25) is 14.5 Å². The molecule has 1 saturated heterocycles. The van der Waals surface area contributed by atoms with Crippen LogP contribution in [0.15, 0.2) is 67.0 Å². The van der Waals surface area contributed by atoms with Crippen LogP contribution < -0.4 is 15.5 Å². The van der Waals surface area contributed by atoms with Crippen LogP contribution in [0, 0.1) is 6.92 Å². The number of carbonyl (C=O) groups excluding carboxylic acids is 3. The molecule has 0 atom stereocenters. The number of hydrogen-bond acceptors (Lipinski definition) is 4. The topological polar surface area (TPSA) is 99.0 Å². The van der Waals surface area contributed by atoms with Crippen molar-refractivity contribution in [1.29, 1.82) is 0 Å². The second-order valence-corrected chi connectivity index (χ2v) is 8.77. The van der Waals surface area contributed by atoms with E-state index in [2.05, 4.69) is 15.6 Å².